The van der Waals surface area contributed by atoms with Crippen LogP contribution in [0.2, 0.25) is 5.02 Å². The molecule has 1 aromatic carbocycles. The van der Waals surface area contributed by atoms with E-state index >= 15 is 0 Å². The SMILES string of the molecule is CC(C)c1c(C(=O)NC2CCC(C(=O)O)CC2)cnn1-c1cccc(Cl)c1. The van der Waals surface area contributed by atoms with Gasteiger partial charge in [0.15, 0.2) is 0 Å². The van der Waals surface area contributed by atoms with Crippen LogP contribution in [0.25, 0.3) is 5.69 Å². The molecule has 2 N–H and O–H groups in total. The van der Waals surface area contributed by atoms with Crippen LogP contribution in [0.3, 0.4) is 0 Å². The number of hydrogen-bond donors (Lipinski definition) is 2. The van der Waals surface area contributed by atoms with E-state index in [4.69, 9.17) is 16.7 Å². The van der Waals surface area contributed by atoms with Gasteiger partial charge < -0.3 is 10.4 Å². The third-order valence-electron chi connectivity index (χ3n) is 5.06. The number of benzene rings is 1. The van der Waals surface area contributed by atoms with E-state index in [-0.39, 0.29) is 23.8 Å². The summed E-state index contributed by atoms with van der Waals surface area (Å²) in [5.41, 5.74) is 2.19. The van der Waals surface area contributed by atoms with E-state index in [1.54, 1.807) is 16.9 Å². The minimum absolute atomic E-state index is 0.00244. The minimum atomic E-state index is -0.746. The van der Waals surface area contributed by atoms with Crippen LogP contribution in [-0.2, 0) is 4.79 Å². The van der Waals surface area contributed by atoms with Gasteiger partial charge in [-0.1, -0.05) is 31.5 Å². The predicted molar refractivity (Wildman–Crippen MR) is 104 cm³/mol. The molecule has 1 amide bonds. The quantitative estimate of drug-likeness (QED) is 0.808. The van der Waals surface area contributed by atoms with Crippen LogP contribution >= 0.6 is 11.6 Å². The van der Waals surface area contributed by atoms with Crippen LogP contribution in [0.1, 0.15) is 61.5 Å². The molecule has 7 heteroatoms. The molecular weight excluding hydrogens is 366 g/mol. The molecule has 0 unspecified atom stereocenters. The summed E-state index contributed by atoms with van der Waals surface area (Å²) in [6.45, 7) is 4.04. The number of rotatable bonds is 5. The number of aliphatic carboxylic acids is 1. The maximum Gasteiger partial charge on any atom is 0.306 e. The first-order chi connectivity index (χ1) is 12.9. The maximum absolute atomic E-state index is 12.9. The fourth-order valence-corrected chi connectivity index (χ4v) is 3.83. The fraction of sp³-hybridized carbons (Fsp3) is 0.450. The fourth-order valence-electron chi connectivity index (χ4n) is 3.65. The van der Waals surface area contributed by atoms with Crippen molar-refractivity contribution in [2.24, 2.45) is 5.92 Å². The van der Waals surface area contributed by atoms with Gasteiger partial charge in [0.2, 0.25) is 0 Å². The molecule has 0 radical (unpaired) electrons. The van der Waals surface area contributed by atoms with E-state index in [0.717, 1.165) is 11.4 Å². The molecule has 0 aliphatic heterocycles. The first-order valence-corrected chi connectivity index (χ1v) is 9.62. The second-order valence-corrected chi connectivity index (χ2v) is 7.79. The Morgan fingerprint density at radius 1 is 1.26 bits per heavy atom. The molecular formula is C20H24ClN3O3. The monoisotopic (exact) mass is 389 g/mol. The maximum atomic E-state index is 12.9. The Hall–Kier alpha value is -2.34. The number of hydrogen-bond acceptors (Lipinski definition) is 3. The number of nitrogens with one attached hydrogen (secondary N) is 1. The van der Waals surface area contributed by atoms with Crippen LogP contribution < -0.4 is 5.32 Å². The normalized spacial score (nSPS) is 19.9. The number of carbonyl (C=O) groups excluding carboxylic acids is 1. The standard InChI is InChI=1S/C20H24ClN3O3/c1-12(2)18-17(11-22-24(18)16-5-3-4-14(21)10-16)19(25)23-15-8-6-13(7-9-15)20(26)27/h3-5,10-13,15H,6-9H2,1-2H3,(H,23,25)(H,26,27). The lowest BCUT2D eigenvalue weighted by Crippen LogP contribution is -2.39. The smallest absolute Gasteiger partial charge is 0.306 e. The van der Waals surface area contributed by atoms with Crippen molar-refractivity contribution in [2.75, 3.05) is 0 Å². The molecule has 0 spiro atoms. The molecule has 2 aromatic rings. The van der Waals surface area contributed by atoms with Gasteiger partial charge in [-0.15, -0.1) is 0 Å². The lowest BCUT2D eigenvalue weighted by Gasteiger charge is -2.27. The first kappa shape index (κ1) is 19.4. The summed E-state index contributed by atoms with van der Waals surface area (Å²) in [4.78, 5) is 23.9. The Balaban J connectivity index is 1.78. The van der Waals surface area contributed by atoms with Gasteiger partial charge in [-0.3, -0.25) is 9.59 Å². The van der Waals surface area contributed by atoms with Gasteiger partial charge in [0, 0.05) is 11.1 Å². The number of halogens is 1. The van der Waals surface area contributed by atoms with Crippen molar-refractivity contribution in [3.63, 3.8) is 0 Å². The van der Waals surface area contributed by atoms with Gasteiger partial charge in [-0.25, -0.2) is 4.68 Å². The lowest BCUT2D eigenvalue weighted by atomic mass is 9.86. The molecule has 1 saturated carbocycles. The van der Waals surface area contributed by atoms with Crippen molar-refractivity contribution in [3.05, 3.63) is 46.7 Å². The van der Waals surface area contributed by atoms with Crippen molar-refractivity contribution in [1.82, 2.24) is 15.1 Å². The zero-order valence-electron chi connectivity index (χ0n) is 15.5. The number of aromatic nitrogens is 2. The van der Waals surface area contributed by atoms with Crippen molar-refractivity contribution in [3.8, 4) is 5.69 Å². The third kappa shape index (κ3) is 4.33. The van der Waals surface area contributed by atoms with Gasteiger partial charge in [-0.2, -0.15) is 5.10 Å². The van der Waals surface area contributed by atoms with E-state index in [1.807, 2.05) is 32.0 Å². The lowest BCUT2D eigenvalue weighted by molar-refractivity contribution is -0.142. The Labute approximate surface area is 163 Å². The van der Waals surface area contributed by atoms with Gasteiger partial charge in [0.05, 0.1) is 29.1 Å². The first-order valence-electron chi connectivity index (χ1n) is 9.24. The largest absolute Gasteiger partial charge is 0.481 e. The highest BCUT2D eigenvalue weighted by Gasteiger charge is 2.28. The van der Waals surface area contributed by atoms with Gasteiger partial charge in [0.1, 0.15) is 0 Å². The third-order valence-corrected chi connectivity index (χ3v) is 5.30. The predicted octanol–water partition coefficient (Wildman–Crippen LogP) is 4.02. The Morgan fingerprint density at radius 2 is 1.96 bits per heavy atom. The van der Waals surface area contributed by atoms with Gasteiger partial charge in [-0.05, 0) is 49.8 Å². The van der Waals surface area contributed by atoms with E-state index in [2.05, 4.69) is 10.4 Å². The summed E-state index contributed by atoms with van der Waals surface area (Å²) in [6, 6.07) is 7.37. The van der Waals surface area contributed by atoms with Crippen molar-refractivity contribution in [2.45, 2.75) is 51.5 Å². The van der Waals surface area contributed by atoms with E-state index in [1.165, 1.54) is 0 Å². The summed E-state index contributed by atoms with van der Waals surface area (Å²) >= 11 is 6.10. The zero-order chi connectivity index (χ0) is 19.6. The van der Waals surface area contributed by atoms with Crippen molar-refractivity contribution in [1.29, 1.82) is 0 Å². The molecule has 1 heterocycles. The molecule has 6 nitrogen and oxygen atoms in total. The number of carboxylic acids is 1. The van der Waals surface area contributed by atoms with Crippen molar-refractivity contribution < 1.29 is 14.7 Å². The summed E-state index contributed by atoms with van der Waals surface area (Å²) in [6.07, 6.45) is 4.15. The Kier molecular flexibility index (Phi) is 5.85. The number of nitrogens with zero attached hydrogens (tertiary/aromatic N) is 2. The van der Waals surface area contributed by atoms with Gasteiger partial charge in [0.25, 0.3) is 5.91 Å². The van der Waals surface area contributed by atoms with E-state index < -0.39 is 5.97 Å². The average Bonchev–Trinajstić information content (AvgIpc) is 3.07. The molecule has 0 saturated heterocycles. The zero-order valence-corrected chi connectivity index (χ0v) is 16.2. The number of carbonyl (C=O) groups is 2. The topological polar surface area (TPSA) is 84.2 Å². The highest BCUT2D eigenvalue weighted by atomic mass is 35.5. The molecule has 0 bridgehead atoms. The molecule has 144 valence electrons. The van der Waals surface area contributed by atoms with Crippen LogP contribution in [0.15, 0.2) is 30.5 Å². The van der Waals surface area contributed by atoms with Crippen LogP contribution in [-0.4, -0.2) is 32.8 Å². The summed E-state index contributed by atoms with van der Waals surface area (Å²) in [5.74, 6) is -1.11. The Bertz CT molecular complexity index is 839. The molecule has 27 heavy (non-hydrogen) atoms. The summed E-state index contributed by atoms with van der Waals surface area (Å²) in [5, 5.41) is 17.2. The summed E-state index contributed by atoms with van der Waals surface area (Å²) < 4.78 is 1.76. The molecule has 1 aliphatic carbocycles. The second-order valence-electron chi connectivity index (χ2n) is 7.35. The number of carboxylic acid groups (broad SMARTS) is 1. The van der Waals surface area contributed by atoms with Gasteiger partial charge >= 0.3 is 5.97 Å². The second kappa shape index (κ2) is 8.13. The highest BCUT2D eigenvalue weighted by Crippen LogP contribution is 2.27. The molecule has 3 rings (SSSR count). The van der Waals surface area contributed by atoms with Crippen LogP contribution in [0.5, 0.6) is 0 Å². The number of amides is 1. The van der Waals surface area contributed by atoms with E-state index in [0.29, 0.717) is 36.3 Å². The molecule has 1 aliphatic rings. The van der Waals surface area contributed by atoms with Crippen molar-refractivity contribution >= 4 is 23.5 Å². The van der Waals surface area contributed by atoms with E-state index in [9.17, 15) is 9.59 Å². The van der Waals surface area contributed by atoms with Crippen LogP contribution in [0.4, 0.5) is 0 Å². The average molecular weight is 390 g/mol. The highest BCUT2D eigenvalue weighted by molar-refractivity contribution is 6.30. The summed E-state index contributed by atoms with van der Waals surface area (Å²) in [7, 11) is 0. The molecule has 1 aromatic heterocycles. The molecule has 0 atom stereocenters. The minimum Gasteiger partial charge on any atom is -0.481 e. The Morgan fingerprint density at radius 3 is 2.56 bits per heavy atom. The van der Waals surface area contributed by atoms with Crippen LogP contribution in [0, 0.1) is 5.92 Å². The molecule has 1 fully saturated rings.